The maximum absolute atomic E-state index is 12.1. The molecule has 1 aromatic heterocycles. The van der Waals surface area contributed by atoms with Crippen molar-refractivity contribution in [2.45, 2.75) is 32.7 Å². The van der Waals surface area contributed by atoms with Crippen molar-refractivity contribution in [2.75, 3.05) is 18.0 Å². The number of nitrogens with zero attached hydrogens (tertiary/aromatic N) is 3. The third kappa shape index (κ3) is 3.87. The number of benzene rings is 1. The smallest absolute Gasteiger partial charge is 0.324 e. The fourth-order valence-corrected chi connectivity index (χ4v) is 2.92. The van der Waals surface area contributed by atoms with Crippen molar-refractivity contribution in [3.63, 3.8) is 0 Å². The first-order valence-electron chi connectivity index (χ1n) is 8.18. The summed E-state index contributed by atoms with van der Waals surface area (Å²) in [6.07, 6.45) is 1.58. The molecule has 2 heterocycles. The van der Waals surface area contributed by atoms with Gasteiger partial charge < -0.3 is 14.7 Å². The second kappa shape index (κ2) is 7.21. The molecule has 24 heavy (non-hydrogen) atoms. The fraction of sp³-hybridized carbons (Fsp3) is 0.471. The van der Waals surface area contributed by atoms with Crippen LogP contribution in [0.5, 0.6) is 0 Å². The maximum Gasteiger partial charge on any atom is 0.324 e. The standard InChI is InChI=1S/C17H21ClN4O2/c1-11(2)19-16(23)13-7-9-22(10-8-13)17-20-15(21-24-17)12-3-5-14(18)6-4-12/h3-6,11,13H,7-10H2,1-2H3,(H,19,23). The van der Waals surface area contributed by atoms with Crippen LogP contribution in [0, 0.1) is 5.92 Å². The molecule has 3 rings (SSSR count). The van der Waals surface area contributed by atoms with Gasteiger partial charge in [-0.2, -0.15) is 4.98 Å². The van der Waals surface area contributed by atoms with Crippen LogP contribution in [0.1, 0.15) is 26.7 Å². The molecule has 1 saturated heterocycles. The van der Waals surface area contributed by atoms with Crippen molar-refractivity contribution in [3.8, 4) is 11.4 Å². The van der Waals surface area contributed by atoms with Crippen LogP contribution in [0.2, 0.25) is 5.02 Å². The number of rotatable bonds is 4. The third-order valence-electron chi connectivity index (χ3n) is 4.08. The van der Waals surface area contributed by atoms with Crippen LogP contribution in [-0.2, 0) is 4.79 Å². The van der Waals surface area contributed by atoms with E-state index in [0.29, 0.717) is 16.9 Å². The lowest BCUT2D eigenvalue weighted by Crippen LogP contribution is -2.42. The molecule has 1 aromatic carbocycles. The van der Waals surface area contributed by atoms with E-state index in [0.717, 1.165) is 31.5 Å². The number of anilines is 1. The summed E-state index contributed by atoms with van der Waals surface area (Å²) in [7, 11) is 0. The van der Waals surface area contributed by atoms with Gasteiger partial charge in [0.25, 0.3) is 0 Å². The highest BCUT2D eigenvalue weighted by atomic mass is 35.5. The minimum absolute atomic E-state index is 0.0577. The predicted molar refractivity (Wildman–Crippen MR) is 93.0 cm³/mol. The summed E-state index contributed by atoms with van der Waals surface area (Å²) in [5, 5.41) is 7.68. The normalized spacial score (nSPS) is 15.8. The van der Waals surface area contributed by atoms with Crippen LogP contribution in [0.4, 0.5) is 6.01 Å². The highest BCUT2D eigenvalue weighted by molar-refractivity contribution is 6.30. The van der Waals surface area contributed by atoms with Gasteiger partial charge in [0.15, 0.2) is 0 Å². The molecule has 0 saturated carbocycles. The van der Waals surface area contributed by atoms with Gasteiger partial charge in [-0.3, -0.25) is 4.79 Å². The number of carbonyl (C=O) groups excluding carboxylic acids is 1. The van der Waals surface area contributed by atoms with E-state index in [1.807, 2.05) is 30.9 Å². The van der Waals surface area contributed by atoms with E-state index in [1.54, 1.807) is 12.1 Å². The molecule has 0 aliphatic carbocycles. The number of nitrogens with one attached hydrogen (secondary N) is 1. The molecule has 1 N–H and O–H groups in total. The average molecular weight is 349 g/mol. The molecular formula is C17H21ClN4O2. The summed E-state index contributed by atoms with van der Waals surface area (Å²) >= 11 is 5.89. The van der Waals surface area contributed by atoms with Gasteiger partial charge in [0.05, 0.1) is 0 Å². The number of hydrogen-bond acceptors (Lipinski definition) is 5. The lowest BCUT2D eigenvalue weighted by Gasteiger charge is -2.30. The molecular weight excluding hydrogens is 328 g/mol. The second-order valence-electron chi connectivity index (χ2n) is 6.33. The number of halogens is 1. The molecule has 0 radical (unpaired) electrons. The van der Waals surface area contributed by atoms with Gasteiger partial charge in [-0.15, -0.1) is 0 Å². The molecule has 0 spiro atoms. The summed E-state index contributed by atoms with van der Waals surface area (Å²) in [6.45, 7) is 5.42. The molecule has 6 nitrogen and oxygen atoms in total. The number of piperidine rings is 1. The maximum atomic E-state index is 12.1. The summed E-state index contributed by atoms with van der Waals surface area (Å²) in [4.78, 5) is 18.6. The monoisotopic (exact) mass is 348 g/mol. The topological polar surface area (TPSA) is 71.3 Å². The fourth-order valence-electron chi connectivity index (χ4n) is 2.80. The van der Waals surface area contributed by atoms with E-state index in [4.69, 9.17) is 16.1 Å². The van der Waals surface area contributed by atoms with Gasteiger partial charge in [-0.05, 0) is 51.0 Å². The number of carbonyl (C=O) groups is 1. The van der Waals surface area contributed by atoms with E-state index in [9.17, 15) is 4.79 Å². The van der Waals surface area contributed by atoms with E-state index in [-0.39, 0.29) is 17.9 Å². The molecule has 7 heteroatoms. The Morgan fingerprint density at radius 3 is 2.58 bits per heavy atom. The summed E-state index contributed by atoms with van der Waals surface area (Å²) in [5.41, 5.74) is 0.862. The Morgan fingerprint density at radius 2 is 1.96 bits per heavy atom. The Balaban J connectivity index is 1.61. The first kappa shape index (κ1) is 16.8. The lowest BCUT2D eigenvalue weighted by atomic mass is 9.96. The molecule has 1 aliphatic rings. The van der Waals surface area contributed by atoms with Crippen LogP contribution in [0.15, 0.2) is 28.8 Å². The molecule has 0 unspecified atom stereocenters. The molecule has 128 valence electrons. The first-order chi connectivity index (χ1) is 11.5. The van der Waals surface area contributed by atoms with Gasteiger partial charge >= 0.3 is 6.01 Å². The Morgan fingerprint density at radius 1 is 1.29 bits per heavy atom. The SMILES string of the molecule is CC(C)NC(=O)C1CCN(c2nc(-c3ccc(Cl)cc3)no2)CC1. The molecule has 1 aliphatic heterocycles. The van der Waals surface area contributed by atoms with E-state index >= 15 is 0 Å². The third-order valence-corrected chi connectivity index (χ3v) is 4.34. The Labute approximate surface area is 146 Å². The van der Waals surface area contributed by atoms with Crippen molar-refractivity contribution in [2.24, 2.45) is 5.92 Å². The molecule has 1 amide bonds. The molecule has 2 aromatic rings. The minimum Gasteiger partial charge on any atom is -0.354 e. The number of amides is 1. The van der Waals surface area contributed by atoms with E-state index < -0.39 is 0 Å². The number of hydrogen-bond donors (Lipinski definition) is 1. The zero-order valence-corrected chi connectivity index (χ0v) is 14.6. The average Bonchev–Trinajstić information content (AvgIpc) is 3.05. The largest absolute Gasteiger partial charge is 0.354 e. The van der Waals surface area contributed by atoms with Crippen molar-refractivity contribution in [3.05, 3.63) is 29.3 Å². The Bertz CT molecular complexity index is 691. The first-order valence-corrected chi connectivity index (χ1v) is 8.55. The summed E-state index contributed by atoms with van der Waals surface area (Å²) in [5.74, 6) is 0.737. The van der Waals surface area contributed by atoms with Crippen molar-refractivity contribution < 1.29 is 9.32 Å². The van der Waals surface area contributed by atoms with Crippen molar-refractivity contribution >= 4 is 23.5 Å². The van der Waals surface area contributed by atoms with Gasteiger partial charge in [-0.25, -0.2) is 0 Å². The van der Waals surface area contributed by atoms with Crippen LogP contribution < -0.4 is 10.2 Å². The minimum atomic E-state index is 0.0577. The van der Waals surface area contributed by atoms with Crippen molar-refractivity contribution in [1.82, 2.24) is 15.5 Å². The zero-order chi connectivity index (χ0) is 17.1. The van der Waals surface area contributed by atoms with Gasteiger partial charge in [0.2, 0.25) is 11.7 Å². The quantitative estimate of drug-likeness (QED) is 0.919. The Hall–Kier alpha value is -2.08. The summed E-state index contributed by atoms with van der Waals surface area (Å²) < 4.78 is 5.38. The second-order valence-corrected chi connectivity index (χ2v) is 6.77. The van der Waals surface area contributed by atoms with Crippen LogP contribution in [0.3, 0.4) is 0 Å². The Kier molecular flexibility index (Phi) is 5.04. The molecule has 0 atom stereocenters. The summed E-state index contributed by atoms with van der Waals surface area (Å²) in [6, 6.07) is 7.99. The van der Waals surface area contributed by atoms with Crippen molar-refractivity contribution in [1.29, 1.82) is 0 Å². The van der Waals surface area contributed by atoms with Gasteiger partial charge in [0.1, 0.15) is 0 Å². The van der Waals surface area contributed by atoms with E-state index in [1.165, 1.54) is 0 Å². The molecule has 0 bridgehead atoms. The van der Waals surface area contributed by atoms with E-state index in [2.05, 4.69) is 15.5 Å². The van der Waals surface area contributed by atoms with Crippen LogP contribution in [-0.4, -0.2) is 35.2 Å². The van der Waals surface area contributed by atoms with Crippen LogP contribution >= 0.6 is 11.6 Å². The van der Waals surface area contributed by atoms with Gasteiger partial charge in [0, 0.05) is 35.6 Å². The zero-order valence-electron chi connectivity index (χ0n) is 13.8. The highest BCUT2D eigenvalue weighted by Gasteiger charge is 2.27. The highest BCUT2D eigenvalue weighted by Crippen LogP contribution is 2.25. The molecule has 1 fully saturated rings. The predicted octanol–water partition coefficient (Wildman–Crippen LogP) is 3.13. The number of aromatic nitrogens is 2. The van der Waals surface area contributed by atoms with Gasteiger partial charge in [-0.1, -0.05) is 16.8 Å². The lowest BCUT2D eigenvalue weighted by molar-refractivity contribution is -0.126. The van der Waals surface area contributed by atoms with Crippen LogP contribution in [0.25, 0.3) is 11.4 Å².